The Labute approximate surface area is 137 Å². The molecule has 1 aliphatic carbocycles. The van der Waals surface area contributed by atoms with Crippen molar-refractivity contribution in [3.8, 4) is 0 Å². The summed E-state index contributed by atoms with van der Waals surface area (Å²) in [6, 6.07) is 8.73. The molecule has 5 heteroatoms. The average Bonchev–Trinajstić information content (AvgIpc) is 2.92. The molecule has 2 fully saturated rings. The quantitative estimate of drug-likeness (QED) is 0.895. The lowest BCUT2D eigenvalue weighted by Crippen LogP contribution is -2.48. The van der Waals surface area contributed by atoms with Gasteiger partial charge < -0.3 is 15.5 Å². The second-order valence-corrected chi connectivity index (χ2v) is 6.81. The largest absolute Gasteiger partial charge is 0.335 e. The normalized spacial score (nSPS) is 26.7. The van der Waals surface area contributed by atoms with Gasteiger partial charge in [-0.15, -0.1) is 0 Å². The van der Waals surface area contributed by atoms with Crippen LogP contribution >= 0.6 is 11.6 Å². The van der Waals surface area contributed by atoms with Gasteiger partial charge in [-0.05, 0) is 49.8 Å². The first-order chi connectivity index (χ1) is 10.7. The van der Waals surface area contributed by atoms with Crippen molar-refractivity contribution in [2.24, 2.45) is 5.92 Å². The summed E-state index contributed by atoms with van der Waals surface area (Å²) < 4.78 is 0. The Kier molecular flexibility index (Phi) is 4.89. The van der Waals surface area contributed by atoms with Gasteiger partial charge in [-0.1, -0.05) is 23.7 Å². The third-order valence-corrected chi connectivity index (χ3v) is 5.17. The number of halogens is 1. The Bertz CT molecular complexity index is 519. The summed E-state index contributed by atoms with van der Waals surface area (Å²) in [6.07, 6.45) is 3.46. The highest BCUT2D eigenvalue weighted by atomic mass is 35.5. The molecule has 0 spiro atoms. The van der Waals surface area contributed by atoms with Crippen LogP contribution in [0.3, 0.4) is 0 Å². The molecule has 1 aromatic rings. The summed E-state index contributed by atoms with van der Waals surface area (Å²) in [5.41, 5.74) is 1.10. The zero-order chi connectivity index (χ0) is 15.5. The number of urea groups is 1. The van der Waals surface area contributed by atoms with E-state index in [0.29, 0.717) is 31.1 Å². The van der Waals surface area contributed by atoms with E-state index < -0.39 is 0 Å². The minimum atomic E-state index is 0.0489. The summed E-state index contributed by atoms with van der Waals surface area (Å²) in [5.74, 6) is 0.594. The molecular weight excluding hydrogens is 298 g/mol. The number of hydrogen-bond acceptors (Lipinski definition) is 2. The van der Waals surface area contributed by atoms with E-state index in [9.17, 15) is 4.79 Å². The van der Waals surface area contributed by atoms with E-state index in [1.54, 1.807) is 0 Å². The molecule has 3 atom stereocenters. The van der Waals surface area contributed by atoms with Gasteiger partial charge in [0.15, 0.2) is 0 Å². The Balaban J connectivity index is 1.58. The second kappa shape index (κ2) is 6.88. The Morgan fingerprint density at radius 3 is 2.86 bits per heavy atom. The fraction of sp³-hybridized carbons (Fsp3) is 0.588. The molecule has 1 heterocycles. The van der Waals surface area contributed by atoms with Crippen LogP contribution in [0.4, 0.5) is 4.79 Å². The number of benzene rings is 1. The molecule has 0 aromatic heterocycles. The molecule has 120 valence electrons. The van der Waals surface area contributed by atoms with Gasteiger partial charge >= 0.3 is 6.03 Å². The van der Waals surface area contributed by atoms with Crippen LogP contribution in [0.5, 0.6) is 0 Å². The van der Waals surface area contributed by atoms with E-state index in [-0.39, 0.29) is 6.03 Å². The van der Waals surface area contributed by atoms with Crippen LogP contribution in [-0.2, 0) is 6.54 Å². The van der Waals surface area contributed by atoms with Gasteiger partial charge in [-0.2, -0.15) is 0 Å². The first-order valence-corrected chi connectivity index (χ1v) is 8.56. The first-order valence-electron chi connectivity index (χ1n) is 8.19. The number of hydrogen-bond donors (Lipinski definition) is 2. The van der Waals surface area contributed by atoms with Crippen molar-refractivity contribution in [2.75, 3.05) is 13.1 Å². The molecule has 2 N–H and O–H groups in total. The van der Waals surface area contributed by atoms with Crippen molar-refractivity contribution in [2.45, 2.75) is 44.8 Å². The molecule has 1 aromatic carbocycles. The zero-order valence-electron chi connectivity index (χ0n) is 13.0. The Morgan fingerprint density at radius 2 is 2.14 bits per heavy atom. The molecule has 22 heavy (non-hydrogen) atoms. The van der Waals surface area contributed by atoms with Gasteiger partial charge in [-0.25, -0.2) is 4.79 Å². The first kappa shape index (κ1) is 15.6. The number of nitrogens with one attached hydrogen (secondary N) is 2. The van der Waals surface area contributed by atoms with Gasteiger partial charge in [0.05, 0.1) is 0 Å². The minimum Gasteiger partial charge on any atom is -0.335 e. The van der Waals surface area contributed by atoms with E-state index in [4.69, 9.17) is 11.6 Å². The number of nitrogens with zero attached hydrogens (tertiary/aromatic N) is 1. The fourth-order valence-corrected chi connectivity index (χ4v) is 3.70. The van der Waals surface area contributed by atoms with Crippen molar-refractivity contribution in [3.63, 3.8) is 0 Å². The smallest absolute Gasteiger partial charge is 0.317 e. The predicted molar refractivity (Wildman–Crippen MR) is 89.0 cm³/mol. The molecule has 2 bridgehead atoms. The highest BCUT2D eigenvalue weighted by Gasteiger charge is 2.36. The van der Waals surface area contributed by atoms with Gasteiger partial charge in [0.2, 0.25) is 0 Å². The number of amides is 2. The van der Waals surface area contributed by atoms with Crippen molar-refractivity contribution in [1.29, 1.82) is 0 Å². The van der Waals surface area contributed by atoms with Crippen molar-refractivity contribution in [3.05, 3.63) is 34.9 Å². The van der Waals surface area contributed by atoms with Crippen LogP contribution in [-0.4, -0.2) is 36.1 Å². The third-order valence-electron chi connectivity index (χ3n) is 4.92. The lowest BCUT2D eigenvalue weighted by Gasteiger charge is -2.31. The highest BCUT2D eigenvalue weighted by molar-refractivity contribution is 6.30. The summed E-state index contributed by atoms with van der Waals surface area (Å²) in [4.78, 5) is 14.4. The van der Waals surface area contributed by atoms with Gasteiger partial charge in [0.25, 0.3) is 0 Å². The SMILES string of the molecule is CCN(Cc1ccc(Cl)cc1)C(=O)NC1CCC2CC1CN2. The third kappa shape index (κ3) is 3.55. The van der Waals surface area contributed by atoms with E-state index in [1.807, 2.05) is 36.1 Å². The van der Waals surface area contributed by atoms with Crippen LogP contribution in [0.25, 0.3) is 0 Å². The standard InChI is InChI=1S/C17H24ClN3O/c1-2-21(11-12-3-5-14(18)6-4-12)17(22)20-16-8-7-15-9-13(16)10-19-15/h3-6,13,15-16,19H,2,7-11H2,1H3,(H,20,22). The predicted octanol–water partition coefficient (Wildman–Crippen LogP) is 3.01. The Hall–Kier alpha value is -1.26. The maximum Gasteiger partial charge on any atom is 0.317 e. The van der Waals surface area contributed by atoms with E-state index in [2.05, 4.69) is 10.6 Å². The van der Waals surface area contributed by atoms with Gasteiger partial charge in [0, 0.05) is 36.7 Å². The molecule has 1 aliphatic heterocycles. The van der Waals surface area contributed by atoms with Crippen molar-refractivity contribution < 1.29 is 4.79 Å². The fourth-order valence-electron chi connectivity index (χ4n) is 3.57. The van der Waals surface area contributed by atoms with Crippen LogP contribution in [0, 0.1) is 5.92 Å². The van der Waals surface area contributed by atoms with Crippen LogP contribution in [0.15, 0.2) is 24.3 Å². The molecular formula is C17H24ClN3O. The van der Waals surface area contributed by atoms with Crippen molar-refractivity contribution in [1.82, 2.24) is 15.5 Å². The van der Waals surface area contributed by atoms with E-state index in [1.165, 1.54) is 12.8 Å². The summed E-state index contributed by atoms with van der Waals surface area (Å²) >= 11 is 5.91. The Morgan fingerprint density at radius 1 is 1.36 bits per heavy atom. The summed E-state index contributed by atoms with van der Waals surface area (Å²) in [7, 11) is 0. The summed E-state index contributed by atoms with van der Waals surface area (Å²) in [5, 5.41) is 7.51. The topological polar surface area (TPSA) is 44.4 Å². The lowest BCUT2D eigenvalue weighted by molar-refractivity contribution is 0.184. The van der Waals surface area contributed by atoms with Crippen LogP contribution < -0.4 is 10.6 Å². The molecule has 4 nitrogen and oxygen atoms in total. The van der Waals surface area contributed by atoms with Crippen LogP contribution in [0.2, 0.25) is 5.02 Å². The number of carbonyl (C=O) groups excluding carboxylic acids is 1. The molecule has 1 saturated heterocycles. The molecule has 0 radical (unpaired) electrons. The van der Waals surface area contributed by atoms with Gasteiger partial charge in [-0.3, -0.25) is 0 Å². The molecule has 1 saturated carbocycles. The molecule has 3 unspecified atom stereocenters. The second-order valence-electron chi connectivity index (χ2n) is 6.37. The molecule has 2 amide bonds. The molecule has 3 rings (SSSR count). The number of fused-ring (bicyclic) bond motifs is 2. The average molecular weight is 322 g/mol. The van der Waals surface area contributed by atoms with E-state index in [0.717, 1.165) is 23.6 Å². The molecule has 2 aliphatic rings. The van der Waals surface area contributed by atoms with Crippen LogP contribution in [0.1, 0.15) is 31.7 Å². The maximum absolute atomic E-state index is 12.6. The van der Waals surface area contributed by atoms with Gasteiger partial charge in [0.1, 0.15) is 0 Å². The summed E-state index contributed by atoms with van der Waals surface area (Å²) in [6.45, 7) is 4.38. The number of carbonyl (C=O) groups is 1. The maximum atomic E-state index is 12.6. The minimum absolute atomic E-state index is 0.0489. The highest BCUT2D eigenvalue weighted by Crippen LogP contribution is 2.29. The zero-order valence-corrected chi connectivity index (χ0v) is 13.8. The monoisotopic (exact) mass is 321 g/mol. The number of rotatable bonds is 4. The lowest BCUT2D eigenvalue weighted by atomic mass is 9.86. The van der Waals surface area contributed by atoms with Crippen molar-refractivity contribution >= 4 is 17.6 Å². The van der Waals surface area contributed by atoms with E-state index >= 15 is 0 Å².